The van der Waals surface area contributed by atoms with Crippen LogP contribution in [0.15, 0.2) is 18.2 Å². The van der Waals surface area contributed by atoms with Crippen LogP contribution in [0.3, 0.4) is 0 Å². The second-order valence-corrected chi connectivity index (χ2v) is 5.80. The van der Waals surface area contributed by atoms with E-state index in [1.807, 2.05) is 6.07 Å². The van der Waals surface area contributed by atoms with Gasteiger partial charge in [-0.1, -0.05) is 19.9 Å². The lowest BCUT2D eigenvalue weighted by Gasteiger charge is -2.25. The Bertz CT molecular complexity index is 435. The molecule has 1 aliphatic rings. The van der Waals surface area contributed by atoms with Crippen molar-refractivity contribution >= 4 is 0 Å². The van der Waals surface area contributed by atoms with Gasteiger partial charge in [-0.15, -0.1) is 0 Å². The number of hydrogen-bond donors (Lipinski definition) is 1. The van der Waals surface area contributed by atoms with Gasteiger partial charge in [-0.25, -0.2) is 4.39 Å². The van der Waals surface area contributed by atoms with Gasteiger partial charge in [0.15, 0.2) is 11.6 Å². The van der Waals surface area contributed by atoms with Crippen LogP contribution in [-0.2, 0) is 5.41 Å². The van der Waals surface area contributed by atoms with Gasteiger partial charge in [-0.05, 0) is 55.3 Å². The van der Waals surface area contributed by atoms with E-state index in [2.05, 4.69) is 19.2 Å². The van der Waals surface area contributed by atoms with Crippen LogP contribution in [0, 0.1) is 5.82 Å². The van der Waals surface area contributed by atoms with Gasteiger partial charge in [0.2, 0.25) is 0 Å². The highest BCUT2D eigenvalue weighted by Crippen LogP contribution is 2.41. The summed E-state index contributed by atoms with van der Waals surface area (Å²) in [5.41, 5.74) is 1.17. The van der Waals surface area contributed by atoms with Gasteiger partial charge in [0.1, 0.15) is 0 Å². The van der Waals surface area contributed by atoms with Crippen molar-refractivity contribution in [3.05, 3.63) is 29.6 Å². The standard InChI is InChI=1S/C16H24FNO/c1-4-9-18-13-7-8-16(2,11-13)12-5-6-15(19-3)14(17)10-12/h5-6,10,13,18H,4,7-9,11H2,1-3H3. The van der Waals surface area contributed by atoms with Crippen molar-refractivity contribution in [3.8, 4) is 5.75 Å². The largest absolute Gasteiger partial charge is 0.494 e. The van der Waals surface area contributed by atoms with Crippen LogP contribution in [0.5, 0.6) is 5.75 Å². The van der Waals surface area contributed by atoms with Crippen LogP contribution >= 0.6 is 0 Å². The lowest BCUT2D eigenvalue weighted by molar-refractivity contribution is 0.383. The Kier molecular flexibility index (Phi) is 4.46. The van der Waals surface area contributed by atoms with Crippen molar-refractivity contribution in [1.29, 1.82) is 0 Å². The molecule has 0 heterocycles. The molecule has 2 unspecified atom stereocenters. The second kappa shape index (κ2) is 5.91. The minimum Gasteiger partial charge on any atom is -0.494 e. The molecule has 3 heteroatoms. The number of benzene rings is 1. The predicted molar refractivity (Wildman–Crippen MR) is 76.2 cm³/mol. The molecule has 2 rings (SSSR count). The molecule has 1 fully saturated rings. The second-order valence-electron chi connectivity index (χ2n) is 5.80. The summed E-state index contributed by atoms with van der Waals surface area (Å²) in [6.45, 7) is 5.49. The van der Waals surface area contributed by atoms with Crippen LogP contribution in [0.4, 0.5) is 4.39 Å². The summed E-state index contributed by atoms with van der Waals surface area (Å²) in [7, 11) is 1.50. The van der Waals surface area contributed by atoms with E-state index >= 15 is 0 Å². The number of ether oxygens (including phenoxy) is 1. The molecular formula is C16H24FNO. The maximum atomic E-state index is 13.8. The molecule has 0 radical (unpaired) electrons. The molecule has 0 amide bonds. The third-order valence-electron chi connectivity index (χ3n) is 4.27. The van der Waals surface area contributed by atoms with Crippen LogP contribution in [-0.4, -0.2) is 19.7 Å². The van der Waals surface area contributed by atoms with Gasteiger partial charge in [-0.2, -0.15) is 0 Å². The van der Waals surface area contributed by atoms with Crippen molar-refractivity contribution < 1.29 is 9.13 Å². The topological polar surface area (TPSA) is 21.3 Å². The maximum Gasteiger partial charge on any atom is 0.165 e. The van der Waals surface area contributed by atoms with E-state index in [0.29, 0.717) is 11.8 Å². The third kappa shape index (κ3) is 3.08. The van der Waals surface area contributed by atoms with Crippen molar-refractivity contribution in [2.45, 2.75) is 51.0 Å². The van der Waals surface area contributed by atoms with Crippen LogP contribution in [0.2, 0.25) is 0 Å². The average molecular weight is 265 g/mol. The monoisotopic (exact) mass is 265 g/mol. The van der Waals surface area contributed by atoms with Crippen molar-refractivity contribution in [2.24, 2.45) is 0 Å². The van der Waals surface area contributed by atoms with Crippen LogP contribution < -0.4 is 10.1 Å². The van der Waals surface area contributed by atoms with Gasteiger partial charge in [0.05, 0.1) is 7.11 Å². The molecule has 1 aromatic rings. The lowest BCUT2D eigenvalue weighted by atomic mass is 9.81. The Labute approximate surface area is 115 Å². The first-order chi connectivity index (χ1) is 9.09. The Balaban J connectivity index is 2.11. The first-order valence-corrected chi connectivity index (χ1v) is 7.16. The third-order valence-corrected chi connectivity index (χ3v) is 4.27. The van der Waals surface area contributed by atoms with Crippen LogP contribution in [0.1, 0.15) is 45.1 Å². The molecule has 0 aromatic heterocycles. The summed E-state index contributed by atoms with van der Waals surface area (Å²) in [4.78, 5) is 0. The molecule has 106 valence electrons. The molecule has 0 aliphatic heterocycles. The van der Waals surface area contributed by atoms with Gasteiger partial charge in [0.25, 0.3) is 0 Å². The molecule has 0 spiro atoms. The van der Waals surface area contributed by atoms with E-state index in [0.717, 1.165) is 31.4 Å². The van der Waals surface area contributed by atoms with E-state index in [9.17, 15) is 4.39 Å². The molecule has 2 atom stereocenters. The predicted octanol–water partition coefficient (Wildman–Crippen LogP) is 3.64. The zero-order valence-corrected chi connectivity index (χ0v) is 12.1. The van der Waals surface area contributed by atoms with Crippen molar-refractivity contribution in [1.82, 2.24) is 5.32 Å². The van der Waals surface area contributed by atoms with E-state index in [1.165, 1.54) is 13.5 Å². The van der Waals surface area contributed by atoms with E-state index in [-0.39, 0.29) is 11.2 Å². The zero-order valence-electron chi connectivity index (χ0n) is 12.1. The quantitative estimate of drug-likeness (QED) is 0.877. The SMILES string of the molecule is CCCNC1CCC(C)(c2ccc(OC)c(F)c2)C1. The molecule has 0 bridgehead atoms. The summed E-state index contributed by atoms with van der Waals surface area (Å²) in [5.74, 6) is 0.0668. The number of nitrogens with one attached hydrogen (secondary N) is 1. The fraction of sp³-hybridized carbons (Fsp3) is 0.625. The number of hydrogen-bond acceptors (Lipinski definition) is 2. The van der Waals surface area contributed by atoms with Gasteiger partial charge >= 0.3 is 0 Å². The normalized spacial score (nSPS) is 26.6. The minimum absolute atomic E-state index is 0.0819. The summed E-state index contributed by atoms with van der Waals surface area (Å²) in [6, 6.07) is 5.95. The lowest BCUT2D eigenvalue weighted by Crippen LogP contribution is -2.29. The molecule has 0 saturated heterocycles. The summed E-state index contributed by atoms with van der Waals surface area (Å²) < 4.78 is 18.8. The highest BCUT2D eigenvalue weighted by Gasteiger charge is 2.36. The summed E-state index contributed by atoms with van der Waals surface area (Å²) in [5, 5.41) is 3.57. The Morgan fingerprint density at radius 1 is 1.47 bits per heavy atom. The minimum atomic E-state index is -0.258. The fourth-order valence-electron chi connectivity index (χ4n) is 3.07. The van der Waals surface area contributed by atoms with Crippen LogP contribution in [0.25, 0.3) is 0 Å². The molecule has 2 nitrogen and oxygen atoms in total. The first kappa shape index (κ1) is 14.3. The molecule has 19 heavy (non-hydrogen) atoms. The molecule has 1 aliphatic carbocycles. The van der Waals surface area contributed by atoms with E-state index in [1.54, 1.807) is 12.1 Å². The zero-order chi connectivity index (χ0) is 13.9. The van der Waals surface area contributed by atoms with E-state index in [4.69, 9.17) is 4.74 Å². The Morgan fingerprint density at radius 2 is 2.26 bits per heavy atom. The molecular weight excluding hydrogens is 241 g/mol. The van der Waals surface area contributed by atoms with Gasteiger partial charge < -0.3 is 10.1 Å². The average Bonchev–Trinajstić information content (AvgIpc) is 2.79. The number of rotatable bonds is 5. The smallest absolute Gasteiger partial charge is 0.165 e. The van der Waals surface area contributed by atoms with E-state index < -0.39 is 0 Å². The highest BCUT2D eigenvalue weighted by molar-refractivity contribution is 5.34. The van der Waals surface area contributed by atoms with Crippen molar-refractivity contribution in [3.63, 3.8) is 0 Å². The highest BCUT2D eigenvalue weighted by atomic mass is 19.1. The summed E-state index contributed by atoms with van der Waals surface area (Å²) >= 11 is 0. The number of halogens is 1. The van der Waals surface area contributed by atoms with Gasteiger partial charge in [0, 0.05) is 6.04 Å². The fourth-order valence-corrected chi connectivity index (χ4v) is 3.07. The first-order valence-electron chi connectivity index (χ1n) is 7.16. The maximum absolute atomic E-state index is 13.8. The number of methoxy groups -OCH3 is 1. The van der Waals surface area contributed by atoms with Gasteiger partial charge in [-0.3, -0.25) is 0 Å². The molecule has 1 N–H and O–H groups in total. The Morgan fingerprint density at radius 3 is 2.89 bits per heavy atom. The molecule has 1 saturated carbocycles. The van der Waals surface area contributed by atoms with Crippen molar-refractivity contribution in [2.75, 3.05) is 13.7 Å². The Hall–Kier alpha value is -1.09. The molecule has 1 aromatic carbocycles. The summed E-state index contributed by atoms with van der Waals surface area (Å²) in [6.07, 6.45) is 4.52.